The maximum Gasteiger partial charge on any atom is 0.350 e. The van der Waals surface area contributed by atoms with E-state index in [0.717, 1.165) is 31.2 Å². The van der Waals surface area contributed by atoms with Gasteiger partial charge in [0.05, 0.1) is 0 Å². The van der Waals surface area contributed by atoms with Crippen molar-refractivity contribution in [2.45, 2.75) is 52.2 Å². The number of carbonyl (C=O) groups excluding carboxylic acids is 3. The summed E-state index contributed by atoms with van der Waals surface area (Å²) in [5.74, 6) is -2.66. The first kappa shape index (κ1) is 18.9. The molecule has 0 aromatic heterocycles. The van der Waals surface area contributed by atoms with Crippen LogP contribution in [0.2, 0.25) is 0 Å². The van der Waals surface area contributed by atoms with Gasteiger partial charge >= 0.3 is 11.9 Å². The van der Waals surface area contributed by atoms with E-state index in [2.05, 4.69) is 10.6 Å². The topological polar surface area (TPSA) is 93.7 Å². The molecular weight excluding hydrogens is 348 g/mol. The van der Waals surface area contributed by atoms with Crippen LogP contribution < -0.4 is 10.6 Å². The van der Waals surface area contributed by atoms with Crippen LogP contribution in [0.3, 0.4) is 0 Å². The lowest BCUT2D eigenvalue weighted by Gasteiger charge is -2.29. The van der Waals surface area contributed by atoms with Crippen LogP contribution in [0.5, 0.6) is 0 Å². The number of rotatable bonds is 4. The van der Waals surface area contributed by atoms with E-state index in [1.807, 2.05) is 13.0 Å². The normalized spacial score (nSPS) is 19.3. The lowest BCUT2D eigenvalue weighted by Crippen LogP contribution is -2.42. The third-order valence-corrected chi connectivity index (χ3v) is 4.72. The quantitative estimate of drug-likeness (QED) is 0.479. The molecule has 1 aromatic carbocycles. The van der Waals surface area contributed by atoms with E-state index in [1.165, 1.54) is 20.0 Å². The summed E-state index contributed by atoms with van der Waals surface area (Å²) >= 11 is 0. The van der Waals surface area contributed by atoms with E-state index in [4.69, 9.17) is 9.47 Å². The molecule has 3 rings (SSSR count). The molecule has 2 aliphatic rings. The van der Waals surface area contributed by atoms with Crippen LogP contribution >= 0.6 is 0 Å². The zero-order chi connectivity index (χ0) is 19.6. The maximum absolute atomic E-state index is 12.4. The Balaban J connectivity index is 1.71. The first-order valence-corrected chi connectivity index (χ1v) is 9.10. The van der Waals surface area contributed by atoms with Crippen molar-refractivity contribution >= 4 is 29.2 Å². The van der Waals surface area contributed by atoms with Crippen molar-refractivity contribution in [3.8, 4) is 0 Å². The number of benzene rings is 1. The summed E-state index contributed by atoms with van der Waals surface area (Å²) in [4.78, 5) is 36.3. The van der Waals surface area contributed by atoms with Gasteiger partial charge in [0.15, 0.2) is 5.57 Å². The second-order valence-corrected chi connectivity index (χ2v) is 7.38. The van der Waals surface area contributed by atoms with Crippen LogP contribution in [0.4, 0.5) is 11.4 Å². The number of cyclic esters (lactones) is 2. The Morgan fingerprint density at radius 3 is 2.41 bits per heavy atom. The van der Waals surface area contributed by atoms with E-state index < -0.39 is 17.7 Å². The van der Waals surface area contributed by atoms with Crippen molar-refractivity contribution in [2.24, 2.45) is 5.92 Å². The fourth-order valence-electron chi connectivity index (χ4n) is 3.20. The number of ether oxygens (including phenoxy) is 2. The average molecular weight is 372 g/mol. The minimum Gasteiger partial charge on any atom is -0.419 e. The molecule has 1 saturated carbocycles. The number of aryl methyl sites for hydroxylation is 1. The minimum atomic E-state index is -1.27. The molecule has 0 atom stereocenters. The Bertz CT molecular complexity index is 785. The van der Waals surface area contributed by atoms with E-state index >= 15 is 0 Å². The number of amides is 1. The highest BCUT2D eigenvalue weighted by Crippen LogP contribution is 2.28. The van der Waals surface area contributed by atoms with Gasteiger partial charge in [-0.3, -0.25) is 4.79 Å². The Hall–Kier alpha value is -2.83. The summed E-state index contributed by atoms with van der Waals surface area (Å²) in [6, 6.07) is 5.41. The van der Waals surface area contributed by atoms with E-state index in [0.29, 0.717) is 11.4 Å². The molecule has 0 radical (unpaired) electrons. The molecular formula is C20H24N2O5. The predicted octanol–water partition coefficient (Wildman–Crippen LogP) is 3.26. The predicted molar refractivity (Wildman–Crippen MR) is 99.7 cm³/mol. The smallest absolute Gasteiger partial charge is 0.350 e. The molecule has 1 amide bonds. The Morgan fingerprint density at radius 2 is 1.78 bits per heavy atom. The molecule has 0 unspecified atom stereocenters. The summed E-state index contributed by atoms with van der Waals surface area (Å²) in [5, 5.41) is 5.87. The van der Waals surface area contributed by atoms with Crippen molar-refractivity contribution in [3.63, 3.8) is 0 Å². The first-order valence-electron chi connectivity index (χ1n) is 9.10. The highest BCUT2D eigenvalue weighted by Gasteiger charge is 2.38. The van der Waals surface area contributed by atoms with Crippen LogP contribution in [0.15, 0.2) is 30.0 Å². The Morgan fingerprint density at radius 1 is 1.15 bits per heavy atom. The van der Waals surface area contributed by atoms with Gasteiger partial charge in [0, 0.05) is 37.3 Å². The molecule has 1 heterocycles. The van der Waals surface area contributed by atoms with Crippen LogP contribution in [-0.4, -0.2) is 23.6 Å². The standard InChI is InChI=1S/C20H24N2O5/c1-12-8-9-14(10-16(12)22-17(23)13-6-4-5-7-13)21-11-15-18(24)26-20(2,3)27-19(15)25/h8-11,13,21H,4-7H2,1-3H3,(H,22,23). The summed E-state index contributed by atoms with van der Waals surface area (Å²) in [6.45, 7) is 4.89. The summed E-state index contributed by atoms with van der Waals surface area (Å²) in [7, 11) is 0. The third kappa shape index (κ3) is 4.48. The molecule has 2 fully saturated rings. The van der Waals surface area contributed by atoms with Gasteiger partial charge in [-0.1, -0.05) is 18.9 Å². The lowest BCUT2D eigenvalue weighted by atomic mass is 10.1. The SMILES string of the molecule is Cc1ccc(NC=C2C(=O)OC(C)(C)OC2=O)cc1NC(=O)C1CCCC1. The fraction of sp³-hybridized carbons (Fsp3) is 0.450. The number of nitrogens with one attached hydrogen (secondary N) is 2. The highest BCUT2D eigenvalue weighted by atomic mass is 16.7. The van der Waals surface area contributed by atoms with E-state index in [1.54, 1.807) is 12.1 Å². The summed E-state index contributed by atoms with van der Waals surface area (Å²) < 4.78 is 10.1. The molecule has 7 nitrogen and oxygen atoms in total. The largest absolute Gasteiger partial charge is 0.419 e. The number of carbonyl (C=O) groups is 3. The van der Waals surface area contributed by atoms with Crippen molar-refractivity contribution in [2.75, 3.05) is 10.6 Å². The van der Waals surface area contributed by atoms with Crippen LogP contribution in [0.25, 0.3) is 0 Å². The zero-order valence-corrected chi connectivity index (χ0v) is 15.8. The molecule has 27 heavy (non-hydrogen) atoms. The van der Waals surface area contributed by atoms with Gasteiger partial charge in [0.2, 0.25) is 5.91 Å². The van der Waals surface area contributed by atoms with Crippen LogP contribution in [0.1, 0.15) is 45.1 Å². The monoisotopic (exact) mass is 372 g/mol. The zero-order valence-electron chi connectivity index (χ0n) is 15.8. The molecule has 0 bridgehead atoms. The molecule has 2 N–H and O–H groups in total. The van der Waals surface area contributed by atoms with Crippen LogP contribution in [-0.2, 0) is 23.9 Å². The maximum atomic E-state index is 12.4. The Kier molecular flexibility index (Phi) is 5.21. The minimum absolute atomic E-state index is 0.0350. The second-order valence-electron chi connectivity index (χ2n) is 7.38. The fourth-order valence-corrected chi connectivity index (χ4v) is 3.20. The number of esters is 2. The summed E-state index contributed by atoms with van der Waals surface area (Å²) in [5.41, 5.74) is 2.04. The van der Waals surface area contributed by atoms with Crippen molar-refractivity contribution in [1.29, 1.82) is 0 Å². The van der Waals surface area contributed by atoms with Crippen LogP contribution in [0, 0.1) is 12.8 Å². The summed E-state index contributed by atoms with van der Waals surface area (Å²) in [6.07, 6.45) is 5.29. The molecule has 1 aliphatic carbocycles. The third-order valence-electron chi connectivity index (χ3n) is 4.72. The van der Waals surface area contributed by atoms with E-state index in [9.17, 15) is 14.4 Å². The lowest BCUT2D eigenvalue weighted by molar-refractivity contribution is -0.222. The second kappa shape index (κ2) is 7.42. The van der Waals surface area contributed by atoms with Gasteiger partial charge in [0.1, 0.15) is 0 Å². The van der Waals surface area contributed by atoms with Gasteiger partial charge in [-0.15, -0.1) is 0 Å². The average Bonchev–Trinajstić information content (AvgIpc) is 3.10. The number of hydrogen-bond donors (Lipinski definition) is 2. The molecule has 1 saturated heterocycles. The Labute approximate surface area is 158 Å². The molecule has 0 spiro atoms. The highest BCUT2D eigenvalue weighted by molar-refractivity contribution is 6.15. The van der Waals surface area contributed by atoms with Crippen molar-refractivity contribution in [1.82, 2.24) is 0 Å². The molecule has 1 aliphatic heterocycles. The first-order chi connectivity index (χ1) is 12.7. The number of anilines is 2. The van der Waals surface area contributed by atoms with Gasteiger partial charge < -0.3 is 20.1 Å². The molecule has 1 aromatic rings. The van der Waals surface area contributed by atoms with Gasteiger partial charge in [0.25, 0.3) is 5.79 Å². The molecule has 144 valence electrons. The number of hydrogen-bond acceptors (Lipinski definition) is 6. The van der Waals surface area contributed by atoms with Crippen molar-refractivity contribution < 1.29 is 23.9 Å². The van der Waals surface area contributed by atoms with Gasteiger partial charge in [-0.2, -0.15) is 0 Å². The molecule has 7 heteroatoms. The van der Waals surface area contributed by atoms with Crippen molar-refractivity contribution in [3.05, 3.63) is 35.5 Å². The van der Waals surface area contributed by atoms with Gasteiger partial charge in [-0.05, 0) is 37.5 Å². The van der Waals surface area contributed by atoms with Gasteiger partial charge in [-0.25, -0.2) is 9.59 Å². The van der Waals surface area contributed by atoms with E-state index in [-0.39, 0.29) is 17.4 Å².